The predicted octanol–water partition coefficient (Wildman–Crippen LogP) is 1.91. The fourth-order valence-corrected chi connectivity index (χ4v) is 1.92. The van der Waals surface area contributed by atoms with E-state index in [1.807, 2.05) is 0 Å². The number of aromatic carboxylic acids is 2. The third-order valence-electron chi connectivity index (χ3n) is 2.93. The zero-order valence-electron chi connectivity index (χ0n) is 10.3. The van der Waals surface area contributed by atoms with Gasteiger partial charge in [-0.2, -0.15) is 0 Å². The zero-order valence-corrected chi connectivity index (χ0v) is 10.3. The summed E-state index contributed by atoms with van der Waals surface area (Å²) < 4.78 is 0. The number of benzene rings is 2. The first-order valence-corrected chi connectivity index (χ1v) is 5.66. The first kappa shape index (κ1) is 13.4. The molecule has 0 aliphatic carbocycles. The molecule has 6 heteroatoms. The topological polar surface area (TPSA) is 127 Å². The van der Waals surface area contributed by atoms with E-state index >= 15 is 0 Å². The van der Waals surface area contributed by atoms with Crippen LogP contribution in [0, 0.1) is 0 Å². The Morgan fingerprint density at radius 3 is 1.95 bits per heavy atom. The molecule has 0 aliphatic heterocycles. The van der Waals surface area contributed by atoms with Gasteiger partial charge < -0.3 is 21.7 Å². The van der Waals surface area contributed by atoms with Gasteiger partial charge in [0.25, 0.3) is 0 Å². The van der Waals surface area contributed by atoms with E-state index in [2.05, 4.69) is 0 Å². The van der Waals surface area contributed by atoms with Crippen molar-refractivity contribution in [2.24, 2.45) is 0 Å². The highest BCUT2D eigenvalue weighted by Crippen LogP contribution is 2.32. The minimum Gasteiger partial charge on any atom is -0.478 e. The SMILES string of the molecule is Nc1ccc(-c2ccc(C(=O)O)cc2)c(N)c1C(=O)O. The molecule has 20 heavy (non-hydrogen) atoms. The molecular formula is C14H12N2O4. The minimum absolute atomic E-state index is 0.0561. The second-order valence-corrected chi connectivity index (χ2v) is 4.18. The van der Waals surface area contributed by atoms with Crippen LogP contribution in [-0.4, -0.2) is 22.2 Å². The van der Waals surface area contributed by atoms with Crippen LogP contribution in [0.4, 0.5) is 11.4 Å². The Hall–Kier alpha value is -3.02. The number of nitrogens with two attached hydrogens (primary N) is 2. The highest BCUT2D eigenvalue weighted by molar-refractivity contribution is 6.03. The Morgan fingerprint density at radius 1 is 0.850 bits per heavy atom. The molecule has 0 atom stereocenters. The summed E-state index contributed by atoms with van der Waals surface area (Å²) in [6.07, 6.45) is 0. The molecule has 0 spiro atoms. The molecule has 2 rings (SSSR count). The van der Waals surface area contributed by atoms with Gasteiger partial charge in [-0.1, -0.05) is 18.2 Å². The van der Waals surface area contributed by atoms with Crippen LogP contribution in [0.25, 0.3) is 11.1 Å². The molecule has 0 fully saturated rings. The molecule has 0 aromatic heterocycles. The summed E-state index contributed by atoms with van der Waals surface area (Å²) in [5, 5.41) is 17.9. The van der Waals surface area contributed by atoms with Gasteiger partial charge in [0.05, 0.1) is 11.3 Å². The maximum atomic E-state index is 11.1. The molecule has 2 aromatic rings. The van der Waals surface area contributed by atoms with Crippen molar-refractivity contribution >= 4 is 23.3 Å². The van der Waals surface area contributed by atoms with E-state index in [-0.39, 0.29) is 22.5 Å². The molecule has 0 saturated carbocycles. The lowest BCUT2D eigenvalue weighted by molar-refractivity contribution is 0.0687. The van der Waals surface area contributed by atoms with E-state index in [1.165, 1.54) is 18.2 Å². The number of anilines is 2. The van der Waals surface area contributed by atoms with E-state index in [0.29, 0.717) is 11.1 Å². The summed E-state index contributed by atoms with van der Waals surface area (Å²) in [5.74, 6) is -2.24. The van der Waals surface area contributed by atoms with Crippen LogP contribution >= 0.6 is 0 Å². The number of rotatable bonds is 3. The van der Waals surface area contributed by atoms with Crippen molar-refractivity contribution in [3.63, 3.8) is 0 Å². The summed E-state index contributed by atoms with van der Waals surface area (Å²) in [6.45, 7) is 0. The Labute approximate surface area is 114 Å². The number of hydrogen-bond acceptors (Lipinski definition) is 4. The Morgan fingerprint density at radius 2 is 1.45 bits per heavy atom. The van der Waals surface area contributed by atoms with Gasteiger partial charge in [-0.05, 0) is 23.8 Å². The van der Waals surface area contributed by atoms with E-state index in [4.69, 9.17) is 21.7 Å². The van der Waals surface area contributed by atoms with Crippen molar-refractivity contribution in [2.45, 2.75) is 0 Å². The number of carbonyl (C=O) groups is 2. The molecule has 102 valence electrons. The third-order valence-corrected chi connectivity index (χ3v) is 2.93. The largest absolute Gasteiger partial charge is 0.478 e. The second kappa shape index (κ2) is 4.93. The van der Waals surface area contributed by atoms with Crippen molar-refractivity contribution in [3.05, 3.63) is 47.5 Å². The van der Waals surface area contributed by atoms with Gasteiger partial charge in [-0.3, -0.25) is 0 Å². The molecule has 0 amide bonds. The highest BCUT2D eigenvalue weighted by Gasteiger charge is 2.16. The highest BCUT2D eigenvalue weighted by atomic mass is 16.4. The smallest absolute Gasteiger partial charge is 0.339 e. The molecule has 0 heterocycles. The normalized spacial score (nSPS) is 10.2. The van der Waals surface area contributed by atoms with Crippen LogP contribution in [0.2, 0.25) is 0 Å². The summed E-state index contributed by atoms with van der Waals surface area (Å²) >= 11 is 0. The number of hydrogen-bond donors (Lipinski definition) is 4. The summed E-state index contributed by atoms with van der Waals surface area (Å²) in [4.78, 5) is 21.9. The molecule has 0 aliphatic rings. The summed E-state index contributed by atoms with van der Waals surface area (Å²) in [5.41, 5.74) is 12.7. The second-order valence-electron chi connectivity index (χ2n) is 4.18. The van der Waals surface area contributed by atoms with E-state index in [9.17, 15) is 9.59 Å². The lowest BCUT2D eigenvalue weighted by atomic mass is 9.98. The monoisotopic (exact) mass is 272 g/mol. The fraction of sp³-hybridized carbons (Fsp3) is 0. The van der Waals surface area contributed by atoms with Crippen LogP contribution < -0.4 is 11.5 Å². The number of carboxylic acids is 2. The average molecular weight is 272 g/mol. The summed E-state index contributed by atoms with van der Waals surface area (Å²) in [7, 11) is 0. The Balaban J connectivity index is 2.56. The molecule has 0 bridgehead atoms. The Kier molecular flexibility index (Phi) is 3.30. The zero-order chi connectivity index (χ0) is 14.9. The van der Waals surface area contributed by atoms with E-state index < -0.39 is 11.9 Å². The van der Waals surface area contributed by atoms with Crippen molar-refractivity contribution < 1.29 is 19.8 Å². The fourth-order valence-electron chi connectivity index (χ4n) is 1.92. The molecule has 2 aromatic carbocycles. The van der Waals surface area contributed by atoms with Crippen LogP contribution in [0.1, 0.15) is 20.7 Å². The van der Waals surface area contributed by atoms with Crippen molar-refractivity contribution in [1.29, 1.82) is 0 Å². The average Bonchev–Trinajstić information content (AvgIpc) is 2.38. The van der Waals surface area contributed by atoms with Gasteiger partial charge in [-0.25, -0.2) is 9.59 Å². The van der Waals surface area contributed by atoms with E-state index in [1.54, 1.807) is 18.2 Å². The summed E-state index contributed by atoms with van der Waals surface area (Å²) in [6, 6.07) is 9.04. The molecule has 6 nitrogen and oxygen atoms in total. The first-order chi connectivity index (χ1) is 9.41. The van der Waals surface area contributed by atoms with Crippen LogP contribution in [0.3, 0.4) is 0 Å². The molecule has 0 radical (unpaired) electrons. The van der Waals surface area contributed by atoms with Crippen LogP contribution in [0.15, 0.2) is 36.4 Å². The van der Waals surface area contributed by atoms with Crippen molar-refractivity contribution in [2.75, 3.05) is 11.5 Å². The van der Waals surface area contributed by atoms with Gasteiger partial charge in [-0.15, -0.1) is 0 Å². The van der Waals surface area contributed by atoms with Crippen LogP contribution in [0.5, 0.6) is 0 Å². The molecule has 0 unspecified atom stereocenters. The predicted molar refractivity (Wildman–Crippen MR) is 74.6 cm³/mol. The maximum Gasteiger partial charge on any atom is 0.339 e. The van der Waals surface area contributed by atoms with Crippen molar-refractivity contribution in [3.8, 4) is 11.1 Å². The quantitative estimate of drug-likeness (QED) is 0.632. The van der Waals surface area contributed by atoms with Gasteiger partial charge in [0.2, 0.25) is 0 Å². The van der Waals surface area contributed by atoms with Gasteiger partial charge in [0.1, 0.15) is 5.56 Å². The lowest BCUT2D eigenvalue weighted by Gasteiger charge is -2.11. The maximum absolute atomic E-state index is 11.1. The molecule has 6 N–H and O–H groups in total. The standard InChI is InChI=1S/C14H12N2O4/c15-10-6-5-9(12(16)11(10)14(19)20)7-1-3-8(4-2-7)13(17)18/h1-6H,15-16H2,(H,17,18)(H,19,20). The lowest BCUT2D eigenvalue weighted by Crippen LogP contribution is -2.08. The minimum atomic E-state index is -1.20. The van der Waals surface area contributed by atoms with E-state index in [0.717, 1.165) is 0 Å². The number of nitrogen functional groups attached to an aromatic ring is 2. The van der Waals surface area contributed by atoms with Crippen LogP contribution in [-0.2, 0) is 0 Å². The first-order valence-electron chi connectivity index (χ1n) is 5.66. The Bertz CT molecular complexity index is 693. The van der Waals surface area contributed by atoms with Crippen molar-refractivity contribution in [1.82, 2.24) is 0 Å². The van der Waals surface area contributed by atoms with Gasteiger partial charge in [0.15, 0.2) is 0 Å². The third kappa shape index (κ3) is 2.26. The van der Waals surface area contributed by atoms with Gasteiger partial charge >= 0.3 is 11.9 Å². The van der Waals surface area contributed by atoms with Gasteiger partial charge in [0, 0.05) is 11.3 Å². The number of carboxylic acid groups (broad SMARTS) is 2. The molecule has 0 saturated heterocycles. The molecular weight excluding hydrogens is 260 g/mol.